The Hall–Kier alpha value is -1.16. The molecule has 2 fully saturated rings. The second kappa shape index (κ2) is 3.45. The summed E-state index contributed by atoms with van der Waals surface area (Å²) in [4.78, 5) is 18.9. The van der Waals surface area contributed by atoms with Gasteiger partial charge >= 0.3 is 0 Å². The molecule has 4 nitrogen and oxygen atoms in total. The molecular formula is C11H15N3O. The first kappa shape index (κ1) is 9.09. The van der Waals surface area contributed by atoms with Crippen molar-refractivity contribution in [2.45, 2.75) is 31.1 Å². The van der Waals surface area contributed by atoms with Crippen LogP contribution < -0.4 is 10.9 Å². The first-order valence-electron chi connectivity index (χ1n) is 5.65. The molecular weight excluding hydrogens is 190 g/mol. The van der Waals surface area contributed by atoms with E-state index in [1.807, 2.05) is 0 Å². The first-order chi connectivity index (χ1) is 7.33. The molecule has 2 N–H and O–H groups in total. The van der Waals surface area contributed by atoms with Gasteiger partial charge in [-0.3, -0.25) is 4.79 Å². The molecule has 3 rings (SSSR count). The van der Waals surface area contributed by atoms with E-state index in [0.717, 1.165) is 24.6 Å². The van der Waals surface area contributed by atoms with E-state index in [0.29, 0.717) is 11.8 Å². The maximum atomic E-state index is 11.5. The average molecular weight is 205 g/mol. The Labute approximate surface area is 88.1 Å². The van der Waals surface area contributed by atoms with E-state index in [1.165, 1.54) is 19.3 Å². The number of aromatic nitrogens is 2. The highest BCUT2D eigenvalue weighted by molar-refractivity contribution is 5.14. The third-order valence-electron chi connectivity index (χ3n) is 3.47. The van der Waals surface area contributed by atoms with Gasteiger partial charge in [0.25, 0.3) is 5.56 Å². The Morgan fingerprint density at radius 3 is 2.60 bits per heavy atom. The lowest BCUT2D eigenvalue weighted by Crippen LogP contribution is -2.41. The number of hydrogen-bond acceptors (Lipinski definition) is 3. The lowest BCUT2D eigenvalue weighted by molar-refractivity contribution is 0.397. The van der Waals surface area contributed by atoms with Crippen LogP contribution in [0.1, 0.15) is 42.6 Å². The Kier molecular flexibility index (Phi) is 2.09. The van der Waals surface area contributed by atoms with Crippen molar-refractivity contribution in [3.05, 3.63) is 27.9 Å². The second-order valence-corrected chi connectivity index (χ2v) is 4.54. The zero-order chi connectivity index (χ0) is 10.3. The number of nitrogens with one attached hydrogen (secondary N) is 2. The lowest BCUT2D eigenvalue weighted by atomic mass is 9.83. The highest BCUT2D eigenvalue weighted by atomic mass is 16.1. The third kappa shape index (κ3) is 1.59. The van der Waals surface area contributed by atoms with Crippen molar-refractivity contribution in [3.8, 4) is 0 Å². The lowest BCUT2D eigenvalue weighted by Gasteiger charge is -2.28. The summed E-state index contributed by atoms with van der Waals surface area (Å²) in [7, 11) is 0. The van der Waals surface area contributed by atoms with Crippen molar-refractivity contribution in [3.63, 3.8) is 0 Å². The maximum absolute atomic E-state index is 11.5. The number of H-pyrrole nitrogens is 1. The zero-order valence-corrected chi connectivity index (χ0v) is 8.62. The van der Waals surface area contributed by atoms with Crippen LogP contribution in [0.4, 0.5) is 0 Å². The van der Waals surface area contributed by atoms with Gasteiger partial charge < -0.3 is 10.3 Å². The summed E-state index contributed by atoms with van der Waals surface area (Å²) in [6.07, 6.45) is 3.66. The molecule has 1 saturated carbocycles. The van der Waals surface area contributed by atoms with Crippen LogP contribution in [-0.4, -0.2) is 23.1 Å². The zero-order valence-electron chi connectivity index (χ0n) is 8.62. The molecule has 1 aromatic heterocycles. The first-order valence-corrected chi connectivity index (χ1v) is 5.65. The molecule has 1 aliphatic carbocycles. The Bertz CT molecular complexity index is 383. The van der Waals surface area contributed by atoms with Gasteiger partial charge in [0, 0.05) is 31.0 Å². The minimum Gasteiger partial charge on any atom is -0.315 e. The van der Waals surface area contributed by atoms with Gasteiger partial charge in [0.05, 0.1) is 5.69 Å². The van der Waals surface area contributed by atoms with Crippen LogP contribution in [0.25, 0.3) is 0 Å². The van der Waals surface area contributed by atoms with Gasteiger partial charge in [-0.05, 0) is 12.8 Å². The number of nitrogens with zero attached hydrogens (tertiary/aromatic N) is 1. The van der Waals surface area contributed by atoms with Crippen LogP contribution in [-0.2, 0) is 0 Å². The van der Waals surface area contributed by atoms with Crippen LogP contribution >= 0.6 is 0 Å². The van der Waals surface area contributed by atoms with E-state index >= 15 is 0 Å². The number of rotatable bonds is 2. The molecule has 0 unspecified atom stereocenters. The molecule has 0 radical (unpaired) electrons. The Morgan fingerprint density at radius 1 is 1.27 bits per heavy atom. The van der Waals surface area contributed by atoms with Crippen LogP contribution in [0.3, 0.4) is 0 Å². The van der Waals surface area contributed by atoms with Gasteiger partial charge in [-0.25, -0.2) is 4.98 Å². The average Bonchev–Trinajstić information content (AvgIpc) is 1.95. The Balaban J connectivity index is 1.93. The van der Waals surface area contributed by atoms with E-state index < -0.39 is 0 Å². The minimum atomic E-state index is 0.00815. The summed E-state index contributed by atoms with van der Waals surface area (Å²) in [6, 6.07) is 1.67. The molecule has 15 heavy (non-hydrogen) atoms. The summed E-state index contributed by atoms with van der Waals surface area (Å²) in [5.41, 5.74) is 1.01. The highest BCUT2D eigenvalue weighted by Gasteiger charge is 2.25. The van der Waals surface area contributed by atoms with Crippen LogP contribution in [0.5, 0.6) is 0 Å². The predicted molar refractivity (Wildman–Crippen MR) is 57.1 cm³/mol. The number of hydrogen-bond donors (Lipinski definition) is 2. The van der Waals surface area contributed by atoms with Crippen molar-refractivity contribution >= 4 is 0 Å². The smallest absolute Gasteiger partial charge is 0.251 e. The van der Waals surface area contributed by atoms with Crippen LogP contribution in [0, 0.1) is 0 Å². The van der Waals surface area contributed by atoms with Crippen LogP contribution in [0.2, 0.25) is 0 Å². The van der Waals surface area contributed by atoms with Crippen molar-refractivity contribution in [1.82, 2.24) is 15.3 Å². The normalized spacial score (nSPS) is 22.1. The molecule has 4 heteroatoms. The fourth-order valence-corrected chi connectivity index (χ4v) is 2.08. The van der Waals surface area contributed by atoms with Crippen LogP contribution in [0.15, 0.2) is 10.9 Å². The molecule has 0 bridgehead atoms. The summed E-state index contributed by atoms with van der Waals surface area (Å²) in [5.74, 6) is 1.83. The predicted octanol–water partition coefficient (Wildman–Crippen LogP) is 0.724. The van der Waals surface area contributed by atoms with Gasteiger partial charge in [0.2, 0.25) is 0 Å². The van der Waals surface area contributed by atoms with Crippen molar-refractivity contribution in [2.24, 2.45) is 0 Å². The molecule has 0 aromatic carbocycles. The van der Waals surface area contributed by atoms with E-state index in [1.54, 1.807) is 6.07 Å². The van der Waals surface area contributed by atoms with E-state index in [4.69, 9.17) is 0 Å². The van der Waals surface area contributed by atoms with Gasteiger partial charge in [0.1, 0.15) is 5.82 Å². The summed E-state index contributed by atoms with van der Waals surface area (Å²) < 4.78 is 0. The number of aromatic amines is 1. The Morgan fingerprint density at radius 2 is 2.07 bits per heavy atom. The molecule has 2 aliphatic rings. The van der Waals surface area contributed by atoms with Gasteiger partial charge in [-0.2, -0.15) is 0 Å². The minimum absolute atomic E-state index is 0.00815. The molecule has 1 aliphatic heterocycles. The largest absolute Gasteiger partial charge is 0.315 e. The SMILES string of the molecule is O=c1cc(C2CCC2)nc(C2CNC2)[nH]1. The quantitative estimate of drug-likeness (QED) is 0.748. The van der Waals surface area contributed by atoms with Crippen molar-refractivity contribution < 1.29 is 0 Å². The monoisotopic (exact) mass is 205 g/mol. The molecule has 0 amide bonds. The molecule has 0 atom stereocenters. The van der Waals surface area contributed by atoms with Crippen molar-refractivity contribution in [2.75, 3.05) is 13.1 Å². The summed E-state index contributed by atoms with van der Waals surface area (Å²) in [5, 5.41) is 3.19. The van der Waals surface area contributed by atoms with E-state index in [9.17, 15) is 4.79 Å². The van der Waals surface area contributed by atoms with E-state index in [-0.39, 0.29) is 5.56 Å². The summed E-state index contributed by atoms with van der Waals surface area (Å²) >= 11 is 0. The molecule has 80 valence electrons. The molecule has 1 saturated heterocycles. The van der Waals surface area contributed by atoms with Gasteiger partial charge in [-0.15, -0.1) is 0 Å². The topological polar surface area (TPSA) is 57.8 Å². The molecule has 0 spiro atoms. The fourth-order valence-electron chi connectivity index (χ4n) is 2.08. The second-order valence-electron chi connectivity index (χ2n) is 4.54. The maximum Gasteiger partial charge on any atom is 0.251 e. The van der Waals surface area contributed by atoms with E-state index in [2.05, 4.69) is 15.3 Å². The fraction of sp³-hybridized carbons (Fsp3) is 0.636. The molecule has 1 aromatic rings. The van der Waals surface area contributed by atoms with Crippen molar-refractivity contribution in [1.29, 1.82) is 0 Å². The standard InChI is InChI=1S/C11H15N3O/c15-10-4-9(7-2-1-3-7)13-11(14-10)8-5-12-6-8/h4,7-8,12H,1-3,5-6H2,(H,13,14,15). The molecule has 2 heterocycles. The summed E-state index contributed by atoms with van der Waals surface area (Å²) in [6.45, 7) is 1.88. The highest BCUT2D eigenvalue weighted by Crippen LogP contribution is 2.34. The third-order valence-corrected chi connectivity index (χ3v) is 3.47. The van der Waals surface area contributed by atoms with Gasteiger partial charge in [-0.1, -0.05) is 6.42 Å². The van der Waals surface area contributed by atoms with Gasteiger partial charge in [0.15, 0.2) is 0 Å².